The number of rotatable bonds is 11. The van der Waals surface area contributed by atoms with Gasteiger partial charge in [0.25, 0.3) is 0 Å². The number of amidine groups is 2. The first-order chi connectivity index (χ1) is 19.4. The van der Waals surface area contributed by atoms with E-state index in [-0.39, 0.29) is 0 Å². The summed E-state index contributed by atoms with van der Waals surface area (Å²) in [7, 11) is 0. The zero-order valence-corrected chi connectivity index (χ0v) is 24.2. The van der Waals surface area contributed by atoms with Gasteiger partial charge in [-0.25, -0.2) is 0 Å². The van der Waals surface area contributed by atoms with Crippen molar-refractivity contribution in [2.24, 2.45) is 10.7 Å². The first kappa shape index (κ1) is 28.2. The Morgan fingerprint density at radius 1 is 1.02 bits per heavy atom. The van der Waals surface area contributed by atoms with Gasteiger partial charge in [0.15, 0.2) is 0 Å². The summed E-state index contributed by atoms with van der Waals surface area (Å²) in [6.45, 7) is 3.46. The molecule has 0 unspecified atom stereocenters. The first-order valence-corrected chi connectivity index (χ1v) is 14.9. The monoisotopic (exact) mass is 557 g/mol. The number of allylic oxidation sites excluding steroid dienone is 5. The van der Waals surface area contributed by atoms with Crippen molar-refractivity contribution in [3.8, 4) is 0 Å². The lowest BCUT2D eigenvalue weighted by Crippen LogP contribution is -2.40. The Hall–Kier alpha value is -3.29. The molecule has 5 rings (SSSR count). The van der Waals surface area contributed by atoms with Gasteiger partial charge in [-0.3, -0.25) is 25.4 Å². The maximum Gasteiger partial charge on any atom is 0.134 e. The topological polar surface area (TPSA) is 107 Å². The number of hydrogen-bond donors (Lipinski definition) is 3. The van der Waals surface area contributed by atoms with Gasteiger partial charge in [0.2, 0.25) is 0 Å². The van der Waals surface area contributed by atoms with Crippen LogP contribution in [0.5, 0.6) is 0 Å². The van der Waals surface area contributed by atoms with Crippen molar-refractivity contribution in [3.63, 3.8) is 0 Å². The maximum absolute atomic E-state index is 9.07. The SMILES string of the molecule is CC(=N)N1C(=N)C2(CC2)N=C(c2ccc(Cl)cc2)C2=C1C=CCC(c1cnn(CCCCCCCCCN)c1)=C2. The Labute approximate surface area is 242 Å². The number of benzene rings is 1. The van der Waals surface area contributed by atoms with Crippen LogP contribution in [0.3, 0.4) is 0 Å². The Kier molecular flexibility index (Phi) is 8.81. The summed E-state index contributed by atoms with van der Waals surface area (Å²) >= 11 is 6.23. The molecule has 40 heavy (non-hydrogen) atoms. The molecule has 1 spiro atoms. The van der Waals surface area contributed by atoms with Crippen LogP contribution in [0.25, 0.3) is 5.57 Å². The van der Waals surface area contributed by atoms with Crippen LogP contribution in [0.2, 0.25) is 5.02 Å². The summed E-state index contributed by atoms with van der Waals surface area (Å²) in [4.78, 5) is 6.99. The van der Waals surface area contributed by atoms with Crippen LogP contribution in [-0.4, -0.2) is 44.1 Å². The molecule has 210 valence electrons. The number of aliphatic imine (C=N–C) groups is 1. The zero-order chi connectivity index (χ0) is 28.1. The van der Waals surface area contributed by atoms with E-state index in [2.05, 4.69) is 34.2 Å². The molecular formula is C32H40ClN7. The average molecular weight is 558 g/mol. The third-order valence-electron chi connectivity index (χ3n) is 7.97. The second kappa shape index (κ2) is 12.5. The van der Waals surface area contributed by atoms with Crippen molar-refractivity contribution < 1.29 is 0 Å². The Morgan fingerprint density at radius 2 is 1.73 bits per heavy atom. The lowest BCUT2D eigenvalue weighted by atomic mass is 9.96. The molecule has 4 N–H and O–H groups in total. The predicted octanol–water partition coefficient (Wildman–Crippen LogP) is 7.14. The minimum Gasteiger partial charge on any atom is -0.330 e. The lowest BCUT2D eigenvalue weighted by Gasteiger charge is -2.27. The Morgan fingerprint density at radius 3 is 2.40 bits per heavy atom. The van der Waals surface area contributed by atoms with Crippen LogP contribution in [0.1, 0.15) is 82.3 Å². The minimum absolute atomic E-state index is 0.324. The number of halogens is 1. The van der Waals surface area contributed by atoms with Crippen LogP contribution >= 0.6 is 11.6 Å². The summed E-state index contributed by atoms with van der Waals surface area (Å²) in [5.41, 5.74) is 10.8. The van der Waals surface area contributed by atoms with E-state index in [0.717, 1.165) is 78.9 Å². The van der Waals surface area contributed by atoms with E-state index < -0.39 is 5.54 Å². The number of unbranched alkanes of at least 4 members (excludes halogenated alkanes) is 6. The highest BCUT2D eigenvalue weighted by Gasteiger charge is 2.52. The van der Waals surface area contributed by atoms with Gasteiger partial charge in [-0.15, -0.1) is 0 Å². The second-order valence-electron chi connectivity index (χ2n) is 11.1. The second-order valence-corrected chi connectivity index (χ2v) is 11.5. The Bertz CT molecular complexity index is 1370. The minimum atomic E-state index is -0.583. The standard InChI is InChI=1S/C32H40ClN7/c1-23(35)40-29-11-9-10-25(26-21-37-39(22-26)19-8-6-4-2-3-5-7-18-34)20-28(29)30(24-12-14-27(33)15-13-24)38-32(16-17-32)31(40)36/h9,11-15,20-22,35-36H,2-8,10,16-19,34H2,1H3. The van der Waals surface area contributed by atoms with E-state index >= 15 is 0 Å². The van der Waals surface area contributed by atoms with Crippen LogP contribution in [0.15, 0.2) is 71.1 Å². The Balaban J connectivity index is 1.42. The molecule has 0 atom stereocenters. The van der Waals surface area contributed by atoms with Crippen LogP contribution in [-0.2, 0) is 6.54 Å². The van der Waals surface area contributed by atoms with E-state index in [1.165, 1.54) is 32.1 Å². The van der Waals surface area contributed by atoms with Gasteiger partial charge in [0.1, 0.15) is 17.2 Å². The quantitative estimate of drug-likeness (QED) is 0.155. The van der Waals surface area contributed by atoms with Crippen molar-refractivity contribution >= 4 is 34.6 Å². The van der Waals surface area contributed by atoms with Gasteiger partial charge in [-0.2, -0.15) is 5.10 Å². The van der Waals surface area contributed by atoms with E-state index in [1.807, 2.05) is 30.5 Å². The molecule has 2 heterocycles. The van der Waals surface area contributed by atoms with Crippen molar-refractivity contribution in [1.29, 1.82) is 10.8 Å². The molecule has 0 amide bonds. The molecule has 1 fully saturated rings. The molecule has 7 nitrogen and oxygen atoms in total. The number of nitrogens with zero attached hydrogens (tertiary/aromatic N) is 4. The summed E-state index contributed by atoms with van der Waals surface area (Å²) < 4.78 is 2.05. The molecular weight excluding hydrogens is 518 g/mol. The third-order valence-corrected chi connectivity index (χ3v) is 8.22. The van der Waals surface area contributed by atoms with Gasteiger partial charge in [-0.1, -0.05) is 61.9 Å². The van der Waals surface area contributed by atoms with Gasteiger partial charge < -0.3 is 5.73 Å². The van der Waals surface area contributed by atoms with Crippen molar-refractivity contribution in [3.05, 3.63) is 82.3 Å². The van der Waals surface area contributed by atoms with Gasteiger partial charge in [0.05, 0.1) is 17.6 Å². The molecule has 1 aliphatic heterocycles. The fraction of sp³-hybridized carbons (Fsp3) is 0.438. The largest absolute Gasteiger partial charge is 0.330 e. The predicted molar refractivity (Wildman–Crippen MR) is 165 cm³/mol. The maximum atomic E-state index is 9.07. The molecule has 0 saturated heterocycles. The van der Waals surface area contributed by atoms with Crippen LogP contribution in [0.4, 0.5) is 0 Å². The fourth-order valence-corrected chi connectivity index (χ4v) is 5.66. The van der Waals surface area contributed by atoms with Gasteiger partial charge in [0, 0.05) is 34.5 Å². The van der Waals surface area contributed by atoms with E-state index in [9.17, 15) is 0 Å². The van der Waals surface area contributed by atoms with E-state index in [0.29, 0.717) is 16.7 Å². The van der Waals surface area contributed by atoms with Crippen molar-refractivity contribution in [2.75, 3.05) is 6.54 Å². The number of nitrogens with one attached hydrogen (secondary N) is 2. The third kappa shape index (κ3) is 6.21. The molecule has 2 aliphatic carbocycles. The number of aromatic nitrogens is 2. The highest BCUT2D eigenvalue weighted by atomic mass is 35.5. The summed E-state index contributed by atoms with van der Waals surface area (Å²) in [5.74, 6) is 0.704. The highest BCUT2D eigenvalue weighted by Crippen LogP contribution is 2.46. The lowest BCUT2D eigenvalue weighted by molar-refractivity contribution is 0.521. The van der Waals surface area contributed by atoms with Crippen molar-refractivity contribution in [2.45, 2.75) is 83.2 Å². The molecule has 2 aromatic rings. The van der Waals surface area contributed by atoms with Crippen molar-refractivity contribution in [1.82, 2.24) is 14.7 Å². The molecule has 1 aromatic carbocycles. The summed E-state index contributed by atoms with van der Waals surface area (Å²) in [5, 5.41) is 23.0. The van der Waals surface area contributed by atoms with Gasteiger partial charge >= 0.3 is 0 Å². The van der Waals surface area contributed by atoms with Gasteiger partial charge in [-0.05, 0) is 75.4 Å². The molecule has 3 aliphatic rings. The van der Waals surface area contributed by atoms with E-state index in [1.54, 1.807) is 11.8 Å². The number of nitrogens with two attached hydrogens (primary N) is 1. The highest BCUT2D eigenvalue weighted by molar-refractivity contribution is 6.31. The molecule has 1 saturated carbocycles. The zero-order valence-electron chi connectivity index (χ0n) is 23.4. The summed E-state index contributed by atoms with van der Waals surface area (Å²) in [6, 6.07) is 7.76. The molecule has 0 radical (unpaired) electrons. The molecule has 8 heteroatoms. The first-order valence-electron chi connectivity index (χ1n) is 14.6. The van der Waals surface area contributed by atoms with Crippen LogP contribution in [0, 0.1) is 10.8 Å². The normalized spacial score (nSPS) is 17.9. The average Bonchev–Trinajstić information content (AvgIpc) is 3.65. The molecule has 0 bridgehead atoms. The van der Waals surface area contributed by atoms with E-state index in [4.69, 9.17) is 33.1 Å². The fourth-order valence-electron chi connectivity index (χ4n) is 5.53. The van der Waals surface area contributed by atoms with Crippen LogP contribution < -0.4 is 5.73 Å². The summed E-state index contributed by atoms with van der Waals surface area (Å²) in [6.07, 6.45) is 21.4. The molecule has 1 aromatic heterocycles. The number of aryl methyl sites for hydroxylation is 1. The number of hydrogen-bond acceptors (Lipinski definition) is 5. The smallest absolute Gasteiger partial charge is 0.134 e.